The zero-order valence-electron chi connectivity index (χ0n) is 38.9. The Morgan fingerprint density at radius 2 is 0.571 bits per heavy atom. The summed E-state index contributed by atoms with van der Waals surface area (Å²) in [4.78, 5) is 41.2. The topological polar surface area (TPSA) is 78.9 Å². The number of carbonyl (C=O) groups is 3. The second kappa shape index (κ2) is 35.4. The van der Waals surface area contributed by atoms with Crippen molar-refractivity contribution < 1.29 is 28.6 Å². The van der Waals surface area contributed by atoms with Crippen LogP contribution in [0.15, 0.2) is 0 Å². The number of rotatable bonds is 41. The molecule has 0 spiro atoms. The Balaban J connectivity index is 5.21. The van der Waals surface area contributed by atoms with Crippen molar-refractivity contribution >= 4 is 17.9 Å². The van der Waals surface area contributed by atoms with Crippen LogP contribution in [0.5, 0.6) is 0 Å². The maximum atomic E-state index is 14.0. The highest BCUT2D eigenvalue weighted by Crippen LogP contribution is 2.46. The van der Waals surface area contributed by atoms with E-state index >= 15 is 0 Å². The van der Waals surface area contributed by atoms with Gasteiger partial charge in [0.15, 0.2) is 0 Å². The van der Waals surface area contributed by atoms with Crippen molar-refractivity contribution in [3.63, 3.8) is 0 Å². The van der Waals surface area contributed by atoms with Crippen LogP contribution >= 0.6 is 0 Å². The summed E-state index contributed by atoms with van der Waals surface area (Å²) < 4.78 is 17.7. The molecule has 0 heterocycles. The first-order valence-electron chi connectivity index (χ1n) is 24.4. The van der Waals surface area contributed by atoms with Gasteiger partial charge in [0.25, 0.3) is 0 Å². The van der Waals surface area contributed by atoms with Crippen LogP contribution < -0.4 is 0 Å². The maximum Gasteiger partial charge on any atom is 0.311 e. The number of hydrogen-bond donors (Lipinski definition) is 0. The molecule has 332 valence electrons. The molecule has 0 saturated carbocycles. The molecular formula is C50H96O6. The summed E-state index contributed by atoms with van der Waals surface area (Å²) in [7, 11) is 0. The van der Waals surface area contributed by atoms with Gasteiger partial charge in [-0.05, 0) is 66.2 Å². The Hall–Kier alpha value is -1.59. The molecule has 0 N–H and O–H groups in total. The van der Waals surface area contributed by atoms with Crippen LogP contribution in [0, 0.1) is 16.2 Å². The van der Waals surface area contributed by atoms with Crippen molar-refractivity contribution in [1.29, 1.82) is 0 Å². The Labute approximate surface area is 348 Å². The van der Waals surface area contributed by atoms with Gasteiger partial charge in [-0.2, -0.15) is 0 Å². The van der Waals surface area contributed by atoms with E-state index in [1.165, 1.54) is 148 Å². The van der Waals surface area contributed by atoms with E-state index in [1.807, 2.05) is 34.6 Å². The lowest BCUT2D eigenvalue weighted by Gasteiger charge is -2.39. The zero-order valence-corrected chi connectivity index (χ0v) is 38.9. The van der Waals surface area contributed by atoms with E-state index in [0.29, 0.717) is 26.2 Å². The first-order chi connectivity index (χ1) is 26.9. The summed E-state index contributed by atoms with van der Waals surface area (Å²) in [5.74, 6) is -0.874. The lowest BCUT2D eigenvalue weighted by atomic mass is 9.65. The number of carbonyl (C=O) groups excluding carboxylic acids is 3. The second-order valence-corrected chi connectivity index (χ2v) is 18.7. The van der Waals surface area contributed by atoms with Crippen molar-refractivity contribution in [1.82, 2.24) is 0 Å². The summed E-state index contributed by atoms with van der Waals surface area (Å²) in [6.07, 6.45) is 37.6. The fourth-order valence-corrected chi connectivity index (χ4v) is 8.26. The molecule has 0 aliphatic carbocycles. The van der Waals surface area contributed by atoms with E-state index in [-0.39, 0.29) is 30.7 Å². The van der Waals surface area contributed by atoms with Gasteiger partial charge in [0.1, 0.15) is 0 Å². The van der Waals surface area contributed by atoms with Crippen molar-refractivity contribution in [2.45, 2.75) is 267 Å². The summed E-state index contributed by atoms with van der Waals surface area (Å²) >= 11 is 0. The van der Waals surface area contributed by atoms with Gasteiger partial charge in [-0.15, -0.1) is 0 Å². The quantitative estimate of drug-likeness (QED) is 0.0348. The lowest BCUT2D eigenvalue weighted by Crippen LogP contribution is -2.44. The smallest absolute Gasteiger partial charge is 0.311 e. The number of ether oxygens (including phenoxy) is 3. The molecule has 0 aliphatic rings. The van der Waals surface area contributed by atoms with Crippen LogP contribution in [0.3, 0.4) is 0 Å². The average Bonchev–Trinajstić information content (AvgIpc) is 3.17. The molecule has 56 heavy (non-hydrogen) atoms. The molecule has 0 saturated heterocycles. The molecule has 0 aliphatic heterocycles. The first-order valence-corrected chi connectivity index (χ1v) is 24.4. The molecular weight excluding hydrogens is 697 g/mol. The Morgan fingerprint density at radius 1 is 0.321 bits per heavy atom. The van der Waals surface area contributed by atoms with Crippen molar-refractivity contribution in [2.75, 3.05) is 19.8 Å². The molecule has 0 amide bonds. The summed E-state index contributed by atoms with van der Waals surface area (Å²) in [6, 6.07) is 0. The standard InChI is InChI=1S/C50H96O6/c1-9-13-16-19-22-25-28-31-34-37-40-54-45(51)48(5,6)43-50(8,47(53)56-42-39-36-33-30-27-24-21-18-15-11-3)44-49(7,12-4)46(52)55-41-38-35-32-29-26-23-20-17-14-10-2/h9-44H2,1-8H3. The Kier molecular flexibility index (Phi) is 34.4. The fraction of sp³-hybridized carbons (Fsp3) is 0.940. The van der Waals surface area contributed by atoms with E-state index in [9.17, 15) is 14.4 Å². The predicted molar refractivity (Wildman–Crippen MR) is 238 cm³/mol. The third-order valence-electron chi connectivity index (χ3n) is 12.1. The van der Waals surface area contributed by atoms with Crippen LogP contribution in [0.25, 0.3) is 0 Å². The monoisotopic (exact) mass is 793 g/mol. The Bertz CT molecular complexity index is 946. The van der Waals surface area contributed by atoms with Crippen molar-refractivity contribution in [2.24, 2.45) is 16.2 Å². The number of hydrogen-bond acceptors (Lipinski definition) is 6. The predicted octanol–water partition coefficient (Wildman–Crippen LogP) is 15.6. The van der Waals surface area contributed by atoms with E-state index in [2.05, 4.69) is 20.8 Å². The number of esters is 3. The lowest BCUT2D eigenvalue weighted by molar-refractivity contribution is -0.169. The summed E-state index contributed by atoms with van der Waals surface area (Å²) in [5.41, 5.74) is -2.85. The molecule has 0 aromatic rings. The average molecular weight is 793 g/mol. The molecule has 0 radical (unpaired) electrons. The molecule has 2 atom stereocenters. The molecule has 0 aromatic carbocycles. The van der Waals surface area contributed by atoms with Crippen LogP contribution in [0.2, 0.25) is 0 Å². The molecule has 6 nitrogen and oxygen atoms in total. The van der Waals surface area contributed by atoms with Crippen LogP contribution in [0.4, 0.5) is 0 Å². The highest BCUT2D eigenvalue weighted by atomic mass is 16.5. The van der Waals surface area contributed by atoms with Gasteiger partial charge in [0, 0.05) is 0 Å². The molecule has 0 bridgehead atoms. The Morgan fingerprint density at radius 3 is 0.857 bits per heavy atom. The van der Waals surface area contributed by atoms with Gasteiger partial charge < -0.3 is 14.2 Å². The minimum atomic E-state index is -1.06. The van der Waals surface area contributed by atoms with Crippen LogP contribution in [0.1, 0.15) is 267 Å². The highest BCUT2D eigenvalue weighted by Gasteiger charge is 2.49. The van der Waals surface area contributed by atoms with Gasteiger partial charge in [-0.3, -0.25) is 14.4 Å². The minimum absolute atomic E-state index is 0.245. The van der Waals surface area contributed by atoms with E-state index in [1.54, 1.807) is 0 Å². The third-order valence-corrected chi connectivity index (χ3v) is 12.1. The normalized spacial score (nSPS) is 13.9. The summed E-state index contributed by atoms with van der Waals surface area (Å²) in [5, 5.41) is 0. The van der Waals surface area contributed by atoms with Gasteiger partial charge in [-0.1, -0.05) is 201 Å². The largest absolute Gasteiger partial charge is 0.465 e. The third kappa shape index (κ3) is 27.9. The first kappa shape index (κ1) is 54.4. The molecule has 6 heteroatoms. The van der Waals surface area contributed by atoms with Gasteiger partial charge >= 0.3 is 17.9 Å². The minimum Gasteiger partial charge on any atom is -0.465 e. The van der Waals surface area contributed by atoms with E-state index < -0.39 is 16.2 Å². The molecule has 0 fully saturated rings. The van der Waals surface area contributed by atoms with Gasteiger partial charge in [0.05, 0.1) is 36.1 Å². The molecule has 0 aromatic heterocycles. The number of unbranched alkanes of at least 4 members (excludes halogenated alkanes) is 27. The van der Waals surface area contributed by atoms with Crippen molar-refractivity contribution in [3.8, 4) is 0 Å². The molecule has 0 rings (SSSR count). The van der Waals surface area contributed by atoms with Crippen LogP contribution in [-0.4, -0.2) is 37.7 Å². The maximum absolute atomic E-state index is 14.0. The second-order valence-electron chi connectivity index (χ2n) is 18.7. The SMILES string of the molecule is CCCCCCCCCCCCOC(=O)C(C)(C)CC(C)(CC(C)(CC)C(=O)OCCCCCCCCCCCC)C(=O)OCCCCCCCCCCCC. The van der Waals surface area contributed by atoms with Gasteiger partial charge in [-0.25, -0.2) is 0 Å². The highest BCUT2D eigenvalue weighted by molar-refractivity contribution is 5.82. The zero-order chi connectivity index (χ0) is 41.8. The fourth-order valence-electron chi connectivity index (χ4n) is 8.26. The molecule has 2 unspecified atom stereocenters. The van der Waals surface area contributed by atoms with E-state index in [4.69, 9.17) is 14.2 Å². The van der Waals surface area contributed by atoms with Gasteiger partial charge in [0.2, 0.25) is 0 Å². The van der Waals surface area contributed by atoms with Crippen LogP contribution in [-0.2, 0) is 28.6 Å². The van der Waals surface area contributed by atoms with E-state index in [0.717, 1.165) is 44.9 Å². The summed E-state index contributed by atoms with van der Waals surface area (Å²) in [6.45, 7) is 17.4. The van der Waals surface area contributed by atoms with Crippen molar-refractivity contribution in [3.05, 3.63) is 0 Å².